The van der Waals surface area contributed by atoms with E-state index in [2.05, 4.69) is 10.6 Å². The van der Waals surface area contributed by atoms with Crippen molar-refractivity contribution in [3.05, 3.63) is 64.9 Å². The Morgan fingerprint density at radius 2 is 1.62 bits per heavy atom. The fourth-order valence-electron chi connectivity index (χ4n) is 3.53. The molecule has 2 aromatic rings. The molecule has 0 aliphatic carbocycles. The molecule has 0 saturated carbocycles. The minimum Gasteiger partial charge on any atom is -0.497 e. The molecule has 0 radical (unpaired) electrons. The van der Waals surface area contributed by atoms with Crippen LogP contribution in [0.1, 0.15) is 42.7 Å². The van der Waals surface area contributed by atoms with Gasteiger partial charge in [0.2, 0.25) is 0 Å². The normalized spacial score (nSPS) is 15.7. The van der Waals surface area contributed by atoms with Gasteiger partial charge in [0.1, 0.15) is 11.5 Å². The summed E-state index contributed by atoms with van der Waals surface area (Å²) in [6.45, 7) is 5.24. The van der Waals surface area contributed by atoms with Gasteiger partial charge in [-0.15, -0.1) is 0 Å². The number of amides is 3. The van der Waals surface area contributed by atoms with E-state index in [9.17, 15) is 14.4 Å². The number of hydrogen-bond acceptors (Lipinski definition) is 6. The van der Waals surface area contributed by atoms with Gasteiger partial charge in [-0.25, -0.2) is 9.59 Å². The van der Waals surface area contributed by atoms with Crippen molar-refractivity contribution in [1.82, 2.24) is 10.2 Å². The summed E-state index contributed by atoms with van der Waals surface area (Å²) in [6.07, 6.45) is -0.302. The quantitative estimate of drug-likeness (QED) is 0.599. The van der Waals surface area contributed by atoms with Gasteiger partial charge in [-0.2, -0.15) is 0 Å². The van der Waals surface area contributed by atoms with Crippen LogP contribution in [0.15, 0.2) is 53.7 Å². The molecule has 0 bridgehead atoms. The zero-order chi connectivity index (χ0) is 25.0. The third-order valence-corrected chi connectivity index (χ3v) is 5.43. The maximum absolute atomic E-state index is 12.8. The summed E-state index contributed by atoms with van der Waals surface area (Å²) in [5.74, 6) is 0.171. The van der Waals surface area contributed by atoms with Crippen LogP contribution in [0.4, 0.5) is 10.5 Å². The van der Waals surface area contributed by atoms with E-state index in [4.69, 9.17) is 14.2 Å². The van der Waals surface area contributed by atoms with E-state index in [1.54, 1.807) is 70.3 Å². The minimum atomic E-state index is -0.678. The number of carbonyl (C=O) groups is 3. The molecule has 1 atom stereocenters. The lowest BCUT2D eigenvalue weighted by Gasteiger charge is -2.33. The Hall–Kier alpha value is -4.01. The van der Waals surface area contributed by atoms with Crippen LogP contribution in [-0.4, -0.2) is 50.2 Å². The number of esters is 1. The SMILES string of the molecule is COc1cc(OC)cc(C(=O)Nc2ccc(C3NC(=O)N(C)C(C)=C3C(=O)OC(C)C)cc2)c1. The van der Waals surface area contributed by atoms with E-state index in [1.807, 2.05) is 0 Å². The Bertz CT molecular complexity index is 1100. The van der Waals surface area contributed by atoms with Crippen LogP contribution in [0.3, 0.4) is 0 Å². The lowest BCUT2D eigenvalue weighted by molar-refractivity contribution is -0.143. The minimum absolute atomic E-state index is 0.302. The number of rotatable bonds is 7. The van der Waals surface area contributed by atoms with Crippen LogP contribution in [0.25, 0.3) is 0 Å². The van der Waals surface area contributed by atoms with Gasteiger partial charge in [-0.1, -0.05) is 12.1 Å². The maximum Gasteiger partial charge on any atom is 0.338 e. The zero-order valence-electron chi connectivity index (χ0n) is 20.1. The molecule has 0 aromatic heterocycles. The van der Waals surface area contributed by atoms with E-state index in [-0.39, 0.29) is 18.0 Å². The third kappa shape index (κ3) is 5.31. The van der Waals surface area contributed by atoms with E-state index in [0.717, 1.165) is 0 Å². The number of methoxy groups -OCH3 is 2. The molecule has 0 spiro atoms. The molecule has 2 N–H and O–H groups in total. The van der Waals surface area contributed by atoms with Gasteiger partial charge in [-0.3, -0.25) is 4.79 Å². The van der Waals surface area contributed by atoms with Gasteiger partial charge in [0.25, 0.3) is 5.91 Å². The number of nitrogens with one attached hydrogen (secondary N) is 2. The molecule has 3 rings (SSSR count). The van der Waals surface area contributed by atoms with Crippen molar-refractivity contribution in [3.8, 4) is 11.5 Å². The van der Waals surface area contributed by atoms with Crippen LogP contribution in [0.2, 0.25) is 0 Å². The first kappa shape index (κ1) is 24.6. The summed E-state index contributed by atoms with van der Waals surface area (Å²) in [7, 11) is 4.62. The second-order valence-corrected chi connectivity index (χ2v) is 8.07. The van der Waals surface area contributed by atoms with E-state index in [1.165, 1.54) is 19.1 Å². The van der Waals surface area contributed by atoms with Crippen LogP contribution >= 0.6 is 0 Å². The highest BCUT2D eigenvalue weighted by atomic mass is 16.5. The highest BCUT2D eigenvalue weighted by Crippen LogP contribution is 2.31. The van der Waals surface area contributed by atoms with Gasteiger partial charge in [0, 0.05) is 30.1 Å². The molecular weight excluding hydrogens is 438 g/mol. The molecule has 2 aromatic carbocycles. The Morgan fingerprint density at radius 1 is 1.03 bits per heavy atom. The molecule has 1 unspecified atom stereocenters. The van der Waals surface area contributed by atoms with E-state index in [0.29, 0.717) is 39.6 Å². The smallest absolute Gasteiger partial charge is 0.338 e. The Morgan fingerprint density at radius 3 is 2.15 bits per heavy atom. The third-order valence-electron chi connectivity index (χ3n) is 5.43. The number of carbonyl (C=O) groups excluding carboxylic acids is 3. The van der Waals surface area contributed by atoms with Crippen molar-refractivity contribution in [2.75, 3.05) is 26.6 Å². The second-order valence-electron chi connectivity index (χ2n) is 8.07. The largest absolute Gasteiger partial charge is 0.497 e. The summed E-state index contributed by atoms with van der Waals surface area (Å²) >= 11 is 0. The molecule has 34 heavy (non-hydrogen) atoms. The lowest BCUT2D eigenvalue weighted by Crippen LogP contribution is -2.46. The molecule has 3 amide bonds. The first-order valence-electron chi connectivity index (χ1n) is 10.7. The molecule has 9 heteroatoms. The lowest BCUT2D eigenvalue weighted by atomic mass is 9.95. The highest BCUT2D eigenvalue weighted by Gasteiger charge is 2.35. The standard InChI is InChI=1S/C25H29N3O6/c1-14(2)34-24(30)21-15(3)28(4)25(31)27-22(21)16-7-9-18(10-8-16)26-23(29)17-11-19(32-5)13-20(12-17)33-6/h7-14,22H,1-6H3,(H,26,29)(H,27,31). The molecule has 0 fully saturated rings. The van der Waals surface area contributed by atoms with Crippen LogP contribution < -0.4 is 20.1 Å². The number of hydrogen-bond donors (Lipinski definition) is 2. The zero-order valence-corrected chi connectivity index (χ0v) is 20.1. The highest BCUT2D eigenvalue weighted by molar-refractivity contribution is 6.04. The Balaban J connectivity index is 1.84. The van der Waals surface area contributed by atoms with Crippen LogP contribution in [0, 0.1) is 0 Å². The first-order chi connectivity index (χ1) is 16.1. The van der Waals surface area contributed by atoms with Gasteiger partial charge >= 0.3 is 12.0 Å². The van der Waals surface area contributed by atoms with Gasteiger partial charge in [0.05, 0.1) is 31.9 Å². The number of anilines is 1. The molecular formula is C25H29N3O6. The molecule has 1 heterocycles. The van der Waals surface area contributed by atoms with Crippen molar-refractivity contribution >= 4 is 23.6 Å². The number of nitrogens with zero attached hydrogens (tertiary/aromatic N) is 1. The predicted molar refractivity (Wildman–Crippen MR) is 127 cm³/mol. The van der Waals surface area contributed by atoms with Crippen molar-refractivity contribution in [3.63, 3.8) is 0 Å². The Labute approximate surface area is 198 Å². The summed E-state index contributed by atoms with van der Waals surface area (Å²) < 4.78 is 15.8. The summed E-state index contributed by atoms with van der Waals surface area (Å²) in [6, 6.07) is 10.8. The van der Waals surface area contributed by atoms with Crippen molar-refractivity contribution in [2.45, 2.75) is 32.9 Å². The average molecular weight is 468 g/mol. The number of urea groups is 1. The summed E-state index contributed by atoms with van der Waals surface area (Å²) in [5.41, 5.74) is 2.47. The number of allylic oxidation sites excluding steroid dienone is 1. The second kappa shape index (κ2) is 10.3. The summed E-state index contributed by atoms with van der Waals surface area (Å²) in [4.78, 5) is 39.3. The first-order valence-corrected chi connectivity index (χ1v) is 10.7. The van der Waals surface area contributed by atoms with Crippen LogP contribution in [-0.2, 0) is 9.53 Å². The molecule has 1 aliphatic rings. The van der Waals surface area contributed by atoms with Gasteiger partial charge in [0.15, 0.2) is 0 Å². The monoisotopic (exact) mass is 467 g/mol. The number of ether oxygens (including phenoxy) is 3. The maximum atomic E-state index is 12.8. The predicted octanol–water partition coefficient (Wildman–Crippen LogP) is 3.88. The molecule has 180 valence electrons. The van der Waals surface area contributed by atoms with Crippen LogP contribution in [0.5, 0.6) is 11.5 Å². The summed E-state index contributed by atoms with van der Waals surface area (Å²) in [5, 5.41) is 5.67. The van der Waals surface area contributed by atoms with Crippen molar-refractivity contribution in [1.29, 1.82) is 0 Å². The Kier molecular flexibility index (Phi) is 7.45. The van der Waals surface area contributed by atoms with Crippen molar-refractivity contribution < 1.29 is 28.6 Å². The van der Waals surface area contributed by atoms with Gasteiger partial charge < -0.3 is 29.7 Å². The van der Waals surface area contributed by atoms with Crippen molar-refractivity contribution in [2.24, 2.45) is 0 Å². The fraction of sp³-hybridized carbons (Fsp3) is 0.320. The average Bonchev–Trinajstić information content (AvgIpc) is 2.81. The van der Waals surface area contributed by atoms with E-state index >= 15 is 0 Å². The van der Waals surface area contributed by atoms with Gasteiger partial charge in [-0.05, 0) is 50.6 Å². The fourth-order valence-corrected chi connectivity index (χ4v) is 3.53. The topological polar surface area (TPSA) is 106 Å². The molecule has 9 nitrogen and oxygen atoms in total. The number of benzene rings is 2. The van der Waals surface area contributed by atoms with E-state index < -0.39 is 12.0 Å². The molecule has 1 aliphatic heterocycles. The molecule has 0 saturated heterocycles.